The lowest BCUT2D eigenvalue weighted by atomic mass is 9.90. The predicted octanol–water partition coefficient (Wildman–Crippen LogP) is 4.45. The van der Waals surface area contributed by atoms with Crippen molar-refractivity contribution in [3.05, 3.63) is 66.3 Å². The van der Waals surface area contributed by atoms with Crippen LogP contribution in [0.3, 0.4) is 0 Å². The molecule has 1 heteroatoms. The van der Waals surface area contributed by atoms with Gasteiger partial charge in [0, 0.05) is 11.3 Å². The molecule has 1 aliphatic rings. The standard InChI is InChI=1S/C17H16O/c1-18-16-12-6-10-14-9-5-11-15(17(14)16)13-7-3-2-4-8-13/h3-13H,2H2,1H3. The zero-order valence-corrected chi connectivity index (χ0v) is 10.5. The maximum absolute atomic E-state index is 5.51. The van der Waals surface area contributed by atoms with Crippen molar-refractivity contribution >= 4 is 10.8 Å². The van der Waals surface area contributed by atoms with Crippen LogP contribution in [0.1, 0.15) is 17.9 Å². The maximum Gasteiger partial charge on any atom is 0.126 e. The minimum Gasteiger partial charge on any atom is -0.496 e. The number of methoxy groups -OCH3 is 1. The number of allylic oxidation sites excluding steroid dienone is 4. The van der Waals surface area contributed by atoms with Crippen LogP contribution in [0, 0.1) is 0 Å². The van der Waals surface area contributed by atoms with Crippen LogP contribution in [-0.2, 0) is 0 Å². The third-order valence-corrected chi connectivity index (χ3v) is 3.44. The van der Waals surface area contributed by atoms with E-state index in [1.807, 2.05) is 12.1 Å². The Morgan fingerprint density at radius 1 is 1.00 bits per heavy atom. The topological polar surface area (TPSA) is 9.23 Å². The van der Waals surface area contributed by atoms with Crippen molar-refractivity contribution in [3.8, 4) is 5.75 Å². The van der Waals surface area contributed by atoms with Crippen LogP contribution in [0.5, 0.6) is 5.75 Å². The summed E-state index contributed by atoms with van der Waals surface area (Å²) in [5.41, 5.74) is 1.32. The number of ether oxygens (including phenoxy) is 1. The first-order valence-corrected chi connectivity index (χ1v) is 6.29. The fraction of sp³-hybridized carbons (Fsp3) is 0.176. The normalized spacial score (nSPS) is 15.2. The molecular weight excluding hydrogens is 220 g/mol. The molecule has 0 saturated carbocycles. The molecule has 2 aromatic carbocycles. The summed E-state index contributed by atoms with van der Waals surface area (Å²) in [7, 11) is 1.73. The van der Waals surface area contributed by atoms with Crippen LogP contribution in [0.4, 0.5) is 0 Å². The average Bonchev–Trinajstić information content (AvgIpc) is 2.47. The fourth-order valence-corrected chi connectivity index (χ4v) is 2.58. The lowest BCUT2D eigenvalue weighted by molar-refractivity contribution is 0.419. The third kappa shape index (κ3) is 1.82. The molecular formula is C17H16O. The van der Waals surface area contributed by atoms with Crippen molar-refractivity contribution in [3.63, 3.8) is 0 Å². The molecule has 0 saturated heterocycles. The summed E-state index contributed by atoms with van der Waals surface area (Å²) in [4.78, 5) is 0. The van der Waals surface area contributed by atoms with Crippen LogP contribution in [0.15, 0.2) is 60.7 Å². The van der Waals surface area contributed by atoms with Gasteiger partial charge in [-0.05, 0) is 23.4 Å². The van der Waals surface area contributed by atoms with Gasteiger partial charge in [0.15, 0.2) is 0 Å². The second-order valence-electron chi connectivity index (χ2n) is 4.52. The largest absolute Gasteiger partial charge is 0.496 e. The molecule has 0 heterocycles. The minimum absolute atomic E-state index is 0.360. The third-order valence-electron chi connectivity index (χ3n) is 3.44. The summed E-state index contributed by atoms with van der Waals surface area (Å²) in [6.07, 6.45) is 10.0. The first-order chi connectivity index (χ1) is 8.90. The Morgan fingerprint density at radius 3 is 2.44 bits per heavy atom. The van der Waals surface area contributed by atoms with Gasteiger partial charge >= 0.3 is 0 Å². The van der Waals surface area contributed by atoms with Crippen molar-refractivity contribution in [1.29, 1.82) is 0 Å². The quantitative estimate of drug-likeness (QED) is 0.700. The second-order valence-corrected chi connectivity index (χ2v) is 4.52. The Hall–Kier alpha value is -2.02. The summed E-state index contributed by atoms with van der Waals surface area (Å²) < 4.78 is 5.51. The molecule has 0 bridgehead atoms. The van der Waals surface area contributed by atoms with Gasteiger partial charge in [0.2, 0.25) is 0 Å². The summed E-state index contributed by atoms with van der Waals surface area (Å²) in [5.74, 6) is 1.31. The fourth-order valence-electron chi connectivity index (χ4n) is 2.58. The van der Waals surface area contributed by atoms with Gasteiger partial charge in [-0.25, -0.2) is 0 Å². The first-order valence-electron chi connectivity index (χ1n) is 6.29. The molecule has 3 rings (SSSR count). The number of hydrogen-bond acceptors (Lipinski definition) is 1. The molecule has 1 aliphatic carbocycles. The van der Waals surface area contributed by atoms with E-state index in [2.05, 4.69) is 48.6 Å². The van der Waals surface area contributed by atoms with Crippen LogP contribution in [-0.4, -0.2) is 7.11 Å². The van der Waals surface area contributed by atoms with Gasteiger partial charge in [0.1, 0.15) is 5.75 Å². The second kappa shape index (κ2) is 4.69. The van der Waals surface area contributed by atoms with E-state index in [4.69, 9.17) is 4.74 Å². The number of hydrogen-bond donors (Lipinski definition) is 0. The highest BCUT2D eigenvalue weighted by Crippen LogP contribution is 2.35. The van der Waals surface area contributed by atoms with Crippen LogP contribution in [0.25, 0.3) is 10.8 Å². The van der Waals surface area contributed by atoms with Gasteiger partial charge in [-0.3, -0.25) is 0 Å². The van der Waals surface area contributed by atoms with Crippen molar-refractivity contribution in [2.45, 2.75) is 12.3 Å². The Labute approximate surface area is 107 Å². The summed E-state index contributed by atoms with van der Waals surface area (Å²) >= 11 is 0. The zero-order chi connectivity index (χ0) is 12.4. The van der Waals surface area contributed by atoms with Crippen molar-refractivity contribution in [2.75, 3.05) is 7.11 Å². The van der Waals surface area contributed by atoms with Crippen LogP contribution < -0.4 is 4.74 Å². The lowest BCUT2D eigenvalue weighted by Gasteiger charge is -2.16. The SMILES string of the molecule is COc1cccc2cccc(C3C=CCC=C3)c12. The zero-order valence-electron chi connectivity index (χ0n) is 10.5. The van der Waals surface area contributed by atoms with E-state index in [1.165, 1.54) is 16.3 Å². The number of rotatable bonds is 2. The van der Waals surface area contributed by atoms with Crippen molar-refractivity contribution in [1.82, 2.24) is 0 Å². The molecule has 0 spiro atoms. The van der Waals surface area contributed by atoms with Crippen molar-refractivity contribution in [2.24, 2.45) is 0 Å². The number of benzene rings is 2. The summed E-state index contributed by atoms with van der Waals surface area (Å²) in [6.45, 7) is 0. The van der Waals surface area contributed by atoms with Gasteiger partial charge < -0.3 is 4.74 Å². The van der Waals surface area contributed by atoms with E-state index in [1.54, 1.807) is 7.11 Å². The first kappa shape index (κ1) is 11.1. The highest BCUT2D eigenvalue weighted by molar-refractivity contribution is 5.92. The molecule has 0 atom stereocenters. The van der Waals surface area contributed by atoms with Gasteiger partial charge in [0.25, 0.3) is 0 Å². The van der Waals surface area contributed by atoms with E-state index in [0.717, 1.165) is 12.2 Å². The predicted molar refractivity (Wildman–Crippen MR) is 76.1 cm³/mol. The highest BCUT2D eigenvalue weighted by Gasteiger charge is 2.13. The molecule has 0 amide bonds. The van der Waals surface area contributed by atoms with Gasteiger partial charge in [-0.2, -0.15) is 0 Å². The summed E-state index contributed by atoms with van der Waals surface area (Å²) in [5, 5.41) is 2.46. The average molecular weight is 236 g/mol. The maximum atomic E-state index is 5.51. The molecule has 18 heavy (non-hydrogen) atoms. The monoisotopic (exact) mass is 236 g/mol. The summed E-state index contributed by atoms with van der Waals surface area (Å²) in [6, 6.07) is 12.7. The lowest BCUT2D eigenvalue weighted by Crippen LogP contribution is -1.97. The molecule has 90 valence electrons. The van der Waals surface area contributed by atoms with E-state index >= 15 is 0 Å². The van der Waals surface area contributed by atoms with Crippen LogP contribution >= 0.6 is 0 Å². The number of fused-ring (bicyclic) bond motifs is 1. The Kier molecular flexibility index (Phi) is 2.89. The van der Waals surface area contributed by atoms with Gasteiger partial charge in [-0.1, -0.05) is 54.6 Å². The molecule has 0 radical (unpaired) electrons. The Bertz CT molecular complexity index is 605. The molecule has 0 unspecified atom stereocenters. The minimum atomic E-state index is 0.360. The molecule has 0 fully saturated rings. The van der Waals surface area contributed by atoms with Gasteiger partial charge in [0.05, 0.1) is 7.11 Å². The van der Waals surface area contributed by atoms with Gasteiger partial charge in [-0.15, -0.1) is 0 Å². The highest BCUT2D eigenvalue weighted by atomic mass is 16.5. The molecule has 0 aromatic heterocycles. The van der Waals surface area contributed by atoms with Crippen molar-refractivity contribution < 1.29 is 4.74 Å². The van der Waals surface area contributed by atoms with E-state index in [9.17, 15) is 0 Å². The van der Waals surface area contributed by atoms with E-state index in [0.29, 0.717) is 5.92 Å². The van der Waals surface area contributed by atoms with Crippen LogP contribution in [0.2, 0.25) is 0 Å². The molecule has 0 N–H and O–H groups in total. The van der Waals surface area contributed by atoms with E-state index in [-0.39, 0.29) is 0 Å². The molecule has 1 nitrogen and oxygen atoms in total. The molecule has 0 aliphatic heterocycles. The Morgan fingerprint density at radius 2 is 1.72 bits per heavy atom. The smallest absolute Gasteiger partial charge is 0.126 e. The van der Waals surface area contributed by atoms with E-state index < -0.39 is 0 Å². The molecule has 2 aromatic rings. The Balaban J connectivity index is 2.25.